The zero-order valence-corrected chi connectivity index (χ0v) is 12.4. The lowest BCUT2D eigenvalue weighted by Gasteiger charge is -2.16. The van der Waals surface area contributed by atoms with E-state index in [2.05, 4.69) is 10.6 Å². The molecule has 0 fully saturated rings. The van der Waals surface area contributed by atoms with Gasteiger partial charge in [0.15, 0.2) is 0 Å². The monoisotopic (exact) mass is 284 g/mol. The number of carbonyl (C=O) groups excluding carboxylic acids is 1. The van der Waals surface area contributed by atoms with Crippen molar-refractivity contribution in [2.45, 2.75) is 33.7 Å². The van der Waals surface area contributed by atoms with Crippen molar-refractivity contribution in [3.05, 3.63) is 34.9 Å². The second-order valence-corrected chi connectivity index (χ2v) is 5.24. The first-order valence-corrected chi connectivity index (χ1v) is 6.79. The minimum atomic E-state index is -0.421. The molecule has 0 aliphatic rings. The molecule has 0 aliphatic heterocycles. The van der Waals surface area contributed by atoms with Gasteiger partial charge in [0, 0.05) is 30.6 Å². The van der Waals surface area contributed by atoms with E-state index in [1.165, 1.54) is 19.1 Å². The maximum atomic E-state index is 13.7. The van der Waals surface area contributed by atoms with E-state index in [-0.39, 0.29) is 17.9 Å². The Morgan fingerprint density at radius 2 is 1.80 bits per heavy atom. The molecule has 1 unspecified atom stereocenters. The summed E-state index contributed by atoms with van der Waals surface area (Å²) in [6.07, 6.45) is 0. The minimum absolute atomic E-state index is 0.0213. The van der Waals surface area contributed by atoms with E-state index in [1.807, 2.05) is 13.8 Å². The largest absolute Gasteiger partial charge is 0.355 e. The van der Waals surface area contributed by atoms with Crippen molar-refractivity contribution >= 4 is 5.91 Å². The number of rotatable bonds is 6. The molecule has 0 saturated heterocycles. The third-order valence-electron chi connectivity index (χ3n) is 3.14. The van der Waals surface area contributed by atoms with Crippen LogP contribution in [0.4, 0.5) is 8.78 Å². The molecule has 1 aromatic carbocycles. The lowest BCUT2D eigenvalue weighted by molar-refractivity contribution is -0.123. The molecule has 1 amide bonds. The van der Waals surface area contributed by atoms with Gasteiger partial charge in [-0.2, -0.15) is 0 Å². The van der Waals surface area contributed by atoms with Gasteiger partial charge >= 0.3 is 0 Å². The van der Waals surface area contributed by atoms with Gasteiger partial charge in [-0.15, -0.1) is 0 Å². The lowest BCUT2D eigenvalue weighted by Crippen LogP contribution is -2.35. The molecule has 1 aromatic rings. The molecule has 0 bridgehead atoms. The van der Waals surface area contributed by atoms with Gasteiger partial charge in [0.25, 0.3) is 0 Å². The number of hydrogen-bond donors (Lipinski definition) is 2. The van der Waals surface area contributed by atoms with Crippen LogP contribution >= 0.6 is 0 Å². The summed E-state index contributed by atoms with van der Waals surface area (Å²) < 4.78 is 27.2. The van der Waals surface area contributed by atoms with E-state index in [9.17, 15) is 13.6 Å². The van der Waals surface area contributed by atoms with Crippen molar-refractivity contribution in [1.29, 1.82) is 0 Å². The van der Waals surface area contributed by atoms with Crippen molar-refractivity contribution in [2.24, 2.45) is 5.92 Å². The van der Waals surface area contributed by atoms with Gasteiger partial charge in [-0.3, -0.25) is 4.79 Å². The average molecular weight is 284 g/mol. The molecule has 0 spiro atoms. The smallest absolute Gasteiger partial charge is 0.222 e. The van der Waals surface area contributed by atoms with E-state index < -0.39 is 11.6 Å². The number of carbonyl (C=O) groups is 1. The molecule has 20 heavy (non-hydrogen) atoms. The number of halogens is 2. The quantitative estimate of drug-likeness (QED) is 0.789. The van der Waals surface area contributed by atoms with Crippen molar-refractivity contribution in [1.82, 2.24) is 10.6 Å². The first kappa shape index (κ1) is 16.6. The second-order valence-electron chi connectivity index (χ2n) is 5.24. The summed E-state index contributed by atoms with van der Waals surface area (Å²) in [6.45, 7) is 7.87. The highest BCUT2D eigenvalue weighted by Gasteiger charge is 2.13. The fraction of sp³-hybridized carbons (Fsp3) is 0.533. The lowest BCUT2D eigenvalue weighted by atomic mass is 10.1. The topological polar surface area (TPSA) is 41.1 Å². The maximum absolute atomic E-state index is 13.7. The molecule has 5 heteroatoms. The molecule has 1 rings (SSSR count). The fourth-order valence-corrected chi connectivity index (χ4v) is 1.78. The van der Waals surface area contributed by atoms with Gasteiger partial charge in [-0.05, 0) is 31.5 Å². The molecule has 3 nitrogen and oxygen atoms in total. The molecule has 0 aromatic heterocycles. The highest BCUT2D eigenvalue weighted by Crippen LogP contribution is 2.20. The Morgan fingerprint density at radius 3 is 2.40 bits per heavy atom. The summed E-state index contributed by atoms with van der Waals surface area (Å²) in [6, 6.07) is 2.10. The average Bonchev–Trinajstić information content (AvgIpc) is 2.38. The Labute approximate surface area is 118 Å². The first-order chi connectivity index (χ1) is 9.32. The third kappa shape index (κ3) is 4.56. The van der Waals surface area contributed by atoms with Crippen molar-refractivity contribution < 1.29 is 13.6 Å². The van der Waals surface area contributed by atoms with Gasteiger partial charge in [-0.25, -0.2) is 8.78 Å². The van der Waals surface area contributed by atoms with Gasteiger partial charge in [0.1, 0.15) is 11.6 Å². The number of aryl methyl sites for hydroxylation is 1. The number of amides is 1. The maximum Gasteiger partial charge on any atom is 0.222 e. The molecule has 1 atom stereocenters. The zero-order chi connectivity index (χ0) is 15.3. The predicted octanol–water partition coefficient (Wildman–Crippen LogP) is 2.70. The molecule has 0 heterocycles. The van der Waals surface area contributed by atoms with Crippen LogP contribution in [0.1, 0.15) is 37.9 Å². The molecular weight excluding hydrogens is 262 g/mol. The van der Waals surface area contributed by atoms with Gasteiger partial charge in [0.2, 0.25) is 5.91 Å². The van der Waals surface area contributed by atoms with Gasteiger partial charge in [-0.1, -0.05) is 13.8 Å². The van der Waals surface area contributed by atoms with Crippen LogP contribution < -0.4 is 10.6 Å². The summed E-state index contributed by atoms with van der Waals surface area (Å²) >= 11 is 0. The van der Waals surface area contributed by atoms with Gasteiger partial charge < -0.3 is 10.6 Å². The third-order valence-corrected chi connectivity index (χ3v) is 3.14. The van der Waals surface area contributed by atoms with E-state index in [0.717, 1.165) is 0 Å². The van der Waals surface area contributed by atoms with Crippen LogP contribution in [0.25, 0.3) is 0 Å². The van der Waals surface area contributed by atoms with Crippen molar-refractivity contribution in [3.8, 4) is 0 Å². The van der Waals surface area contributed by atoms with Crippen molar-refractivity contribution in [2.75, 3.05) is 13.1 Å². The summed E-state index contributed by atoms with van der Waals surface area (Å²) in [7, 11) is 0. The summed E-state index contributed by atoms with van der Waals surface area (Å²) in [5.41, 5.74) is 0.589. The Morgan fingerprint density at radius 1 is 1.15 bits per heavy atom. The highest BCUT2D eigenvalue weighted by atomic mass is 19.1. The molecule has 112 valence electrons. The Balaban J connectivity index is 2.49. The van der Waals surface area contributed by atoms with Crippen LogP contribution in [-0.2, 0) is 4.79 Å². The van der Waals surface area contributed by atoms with Crippen LogP contribution in [-0.4, -0.2) is 19.0 Å². The van der Waals surface area contributed by atoms with Crippen LogP contribution in [0.2, 0.25) is 0 Å². The summed E-state index contributed by atoms with van der Waals surface area (Å²) in [4.78, 5) is 11.3. The SMILES string of the molecule is Cc1cc(F)c(C(C)NCCNC(=O)C(C)C)cc1F. The molecule has 0 saturated carbocycles. The Kier molecular flexibility index (Phi) is 6.07. The fourth-order valence-electron chi connectivity index (χ4n) is 1.78. The van der Waals surface area contributed by atoms with E-state index in [1.54, 1.807) is 6.92 Å². The molecule has 2 N–H and O–H groups in total. The molecular formula is C15H22F2N2O. The minimum Gasteiger partial charge on any atom is -0.355 e. The van der Waals surface area contributed by atoms with Crippen LogP contribution in [0.3, 0.4) is 0 Å². The van der Waals surface area contributed by atoms with Crippen molar-refractivity contribution in [3.63, 3.8) is 0 Å². The van der Waals surface area contributed by atoms with Gasteiger partial charge in [0.05, 0.1) is 0 Å². The number of nitrogens with one attached hydrogen (secondary N) is 2. The van der Waals surface area contributed by atoms with Crippen LogP contribution in [0.15, 0.2) is 12.1 Å². The van der Waals surface area contributed by atoms with E-state index >= 15 is 0 Å². The second kappa shape index (κ2) is 7.33. The Hall–Kier alpha value is -1.49. The van der Waals surface area contributed by atoms with E-state index in [4.69, 9.17) is 0 Å². The Bertz CT molecular complexity index is 475. The normalized spacial score (nSPS) is 12.6. The summed E-state index contributed by atoms with van der Waals surface area (Å²) in [5.74, 6) is -0.915. The van der Waals surface area contributed by atoms with Crippen LogP contribution in [0.5, 0.6) is 0 Å². The number of benzene rings is 1. The van der Waals surface area contributed by atoms with Crippen LogP contribution in [0, 0.1) is 24.5 Å². The zero-order valence-electron chi connectivity index (χ0n) is 12.4. The summed E-state index contributed by atoms with van der Waals surface area (Å²) in [5, 5.41) is 5.81. The molecule has 0 radical (unpaired) electrons. The predicted molar refractivity (Wildman–Crippen MR) is 75.4 cm³/mol. The standard InChI is InChI=1S/C15H22F2N2O/c1-9(2)15(20)19-6-5-18-11(4)12-8-13(16)10(3)7-14(12)17/h7-9,11,18H,5-6H2,1-4H3,(H,19,20). The highest BCUT2D eigenvalue weighted by molar-refractivity contribution is 5.77. The van der Waals surface area contributed by atoms with E-state index in [0.29, 0.717) is 24.2 Å². The molecule has 0 aliphatic carbocycles. The number of hydrogen-bond acceptors (Lipinski definition) is 2. The first-order valence-electron chi connectivity index (χ1n) is 6.79.